The van der Waals surface area contributed by atoms with Crippen LogP contribution in [0.15, 0.2) is 42.5 Å². The van der Waals surface area contributed by atoms with E-state index in [9.17, 15) is 14.9 Å². The van der Waals surface area contributed by atoms with Crippen molar-refractivity contribution in [2.75, 3.05) is 11.1 Å². The van der Waals surface area contributed by atoms with Crippen molar-refractivity contribution in [1.29, 1.82) is 0 Å². The first-order chi connectivity index (χ1) is 10.5. The maximum absolute atomic E-state index is 11.0. The number of nitrogens with two attached hydrogens (primary N) is 1. The molecule has 0 fully saturated rings. The van der Waals surface area contributed by atoms with Crippen LogP contribution in [-0.2, 0) is 4.79 Å². The number of carbonyl (C=O) groups excluding carboxylic acids is 1. The third-order valence-electron chi connectivity index (χ3n) is 2.77. The Bertz CT molecular complexity index is 804. The summed E-state index contributed by atoms with van der Waals surface area (Å²) in [7, 11) is 0. The van der Waals surface area contributed by atoms with Gasteiger partial charge in [-0.05, 0) is 24.3 Å². The monoisotopic (exact) mass is 295 g/mol. The lowest BCUT2D eigenvalue weighted by molar-refractivity contribution is -0.384. The van der Waals surface area contributed by atoms with E-state index in [4.69, 9.17) is 5.73 Å². The Labute approximate surface area is 127 Å². The lowest BCUT2D eigenvalue weighted by atomic mass is 10.1. The first-order valence-corrected chi connectivity index (χ1v) is 6.39. The number of benzene rings is 2. The second-order valence-corrected chi connectivity index (χ2v) is 4.54. The molecule has 2 rings (SSSR count). The molecule has 3 N–H and O–H groups in total. The van der Waals surface area contributed by atoms with Crippen LogP contribution in [-0.4, -0.2) is 10.8 Å². The summed E-state index contributed by atoms with van der Waals surface area (Å²) in [4.78, 5) is 21.2. The molecule has 0 atom stereocenters. The fraction of sp³-hybridized carbons (Fsp3) is 0.0625. The number of rotatable bonds is 2. The number of nitro groups is 1. The van der Waals surface area contributed by atoms with Crippen LogP contribution in [0.3, 0.4) is 0 Å². The Morgan fingerprint density at radius 1 is 1.23 bits per heavy atom. The third kappa shape index (κ3) is 3.84. The van der Waals surface area contributed by atoms with Crippen molar-refractivity contribution in [3.63, 3.8) is 0 Å². The smallest absolute Gasteiger partial charge is 0.271 e. The number of hydrogen-bond acceptors (Lipinski definition) is 4. The highest BCUT2D eigenvalue weighted by molar-refractivity contribution is 5.88. The zero-order chi connectivity index (χ0) is 16.1. The summed E-state index contributed by atoms with van der Waals surface area (Å²) >= 11 is 0. The molecule has 0 heterocycles. The summed E-state index contributed by atoms with van der Waals surface area (Å²) in [6.45, 7) is 1.43. The van der Waals surface area contributed by atoms with Crippen molar-refractivity contribution < 1.29 is 9.72 Å². The van der Waals surface area contributed by atoms with Crippen molar-refractivity contribution in [2.24, 2.45) is 0 Å². The largest absolute Gasteiger partial charge is 0.398 e. The van der Waals surface area contributed by atoms with Gasteiger partial charge in [-0.2, -0.15) is 0 Å². The van der Waals surface area contributed by atoms with Crippen LogP contribution in [0.2, 0.25) is 0 Å². The van der Waals surface area contributed by atoms with Crippen molar-refractivity contribution in [1.82, 2.24) is 0 Å². The first-order valence-electron chi connectivity index (χ1n) is 6.39. The van der Waals surface area contributed by atoms with Crippen LogP contribution >= 0.6 is 0 Å². The van der Waals surface area contributed by atoms with E-state index in [0.717, 1.165) is 0 Å². The van der Waals surface area contributed by atoms with Gasteiger partial charge in [0.15, 0.2) is 0 Å². The number of non-ortho nitro benzene ring substituents is 1. The highest BCUT2D eigenvalue weighted by atomic mass is 16.6. The highest BCUT2D eigenvalue weighted by Gasteiger charge is 2.07. The quantitative estimate of drug-likeness (QED) is 0.385. The topological polar surface area (TPSA) is 98.3 Å². The molecule has 0 aliphatic heterocycles. The van der Waals surface area contributed by atoms with Crippen LogP contribution in [0.25, 0.3) is 0 Å². The van der Waals surface area contributed by atoms with Crippen molar-refractivity contribution in [3.05, 3.63) is 63.7 Å². The van der Waals surface area contributed by atoms with E-state index in [1.165, 1.54) is 25.1 Å². The van der Waals surface area contributed by atoms with Gasteiger partial charge in [-0.25, -0.2) is 0 Å². The number of amides is 1. The van der Waals surface area contributed by atoms with Gasteiger partial charge in [0.25, 0.3) is 5.69 Å². The van der Waals surface area contributed by atoms with Gasteiger partial charge < -0.3 is 11.1 Å². The number of nitrogens with zero attached hydrogens (tertiary/aromatic N) is 1. The summed E-state index contributed by atoms with van der Waals surface area (Å²) < 4.78 is 0. The van der Waals surface area contributed by atoms with Gasteiger partial charge in [-0.15, -0.1) is 0 Å². The van der Waals surface area contributed by atoms with Crippen LogP contribution in [0.5, 0.6) is 0 Å². The van der Waals surface area contributed by atoms with Crippen molar-refractivity contribution >= 4 is 23.0 Å². The van der Waals surface area contributed by atoms with E-state index in [1.54, 1.807) is 24.3 Å². The minimum atomic E-state index is -0.509. The molecule has 0 saturated heterocycles. The standard InChI is InChI=1S/C16H13N3O3/c1-11(20)18-14-4-2-3-12(9-14)5-6-13-7-8-15(19(21)22)10-16(13)17/h2-4,7-10H,17H2,1H3,(H,18,20). The SMILES string of the molecule is CC(=O)Nc1cccc(C#Cc2ccc([N+](=O)[O-])cc2N)c1. The zero-order valence-corrected chi connectivity index (χ0v) is 11.8. The van der Waals surface area contributed by atoms with E-state index in [2.05, 4.69) is 17.2 Å². The lowest BCUT2D eigenvalue weighted by Gasteiger charge is -2.01. The summed E-state index contributed by atoms with van der Waals surface area (Å²) in [6.07, 6.45) is 0. The Kier molecular flexibility index (Phi) is 4.39. The molecule has 2 aromatic carbocycles. The number of nitrogens with one attached hydrogen (secondary N) is 1. The highest BCUT2D eigenvalue weighted by Crippen LogP contribution is 2.19. The third-order valence-corrected chi connectivity index (χ3v) is 2.77. The molecule has 0 unspecified atom stereocenters. The summed E-state index contributed by atoms with van der Waals surface area (Å²) in [5.41, 5.74) is 7.79. The van der Waals surface area contributed by atoms with E-state index < -0.39 is 4.92 Å². The van der Waals surface area contributed by atoms with Gasteiger partial charge in [0, 0.05) is 35.9 Å². The lowest BCUT2D eigenvalue weighted by Crippen LogP contribution is -2.05. The Balaban J connectivity index is 2.27. The summed E-state index contributed by atoms with van der Waals surface area (Å²) in [5.74, 6) is 5.62. The van der Waals surface area contributed by atoms with Gasteiger partial charge in [0.05, 0.1) is 10.6 Å². The van der Waals surface area contributed by atoms with E-state index in [0.29, 0.717) is 16.8 Å². The molecule has 110 valence electrons. The van der Waals surface area contributed by atoms with E-state index >= 15 is 0 Å². The fourth-order valence-corrected chi connectivity index (χ4v) is 1.79. The molecule has 22 heavy (non-hydrogen) atoms. The van der Waals surface area contributed by atoms with Gasteiger partial charge >= 0.3 is 0 Å². The molecule has 0 saturated carbocycles. The molecule has 0 aliphatic carbocycles. The molecule has 0 aromatic heterocycles. The van der Waals surface area contributed by atoms with Crippen molar-refractivity contribution in [3.8, 4) is 11.8 Å². The molecule has 0 radical (unpaired) electrons. The van der Waals surface area contributed by atoms with Gasteiger partial charge in [-0.3, -0.25) is 14.9 Å². The number of hydrogen-bond donors (Lipinski definition) is 2. The van der Waals surface area contributed by atoms with Crippen LogP contribution < -0.4 is 11.1 Å². The number of nitro benzene ring substituents is 1. The number of nitrogen functional groups attached to an aromatic ring is 1. The number of anilines is 2. The molecule has 0 bridgehead atoms. The van der Waals surface area contributed by atoms with Crippen molar-refractivity contribution in [2.45, 2.75) is 6.92 Å². The van der Waals surface area contributed by atoms with Crippen LogP contribution in [0.1, 0.15) is 18.1 Å². The summed E-state index contributed by atoms with van der Waals surface area (Å²) in [5, 5.41) is 13.3. The second-order valence-electron chi connectivity index (χ2n) is 4.54. The van der Waals surface area contributed by atoms with E-state index in [1.807, 2.05) is 0 Å². The predicted octanol–water partition coefficient (Wildman–Crippen LogP) is 2.54. The molecule has 6 nitrogen and oxygen atoms in total. The Morgan fingerprint density at radius 2 is 2.00 bits per heavy atom. The maximum atomic E-state index is 11.0. The van der Waals surface area contributed by atoms with Gasteiger partial charge in [0.1, 0.15) is 0 Å². The summed E-state index contributed by atoms with van der Waals surface area (Å²) in [6, 6.07) is 11.2. The molecular weight excluding hydrogens is 282 g/mol. The normalized spacial score (nSPS) is 9.50. The Morgan fingerprint density at radius 3 is 2.64 bits per heavy atom. The average Bonchev–Trinajstić information content (AvgIpc) is 2.45. The van der Waals surface area contributed by atoms with Crippen LogP contribution in [0, 0.1) is 22.0 Å². The number of carbonyl (C=O) groups is 1. The predicted molar refractivity (Wildman–Crippen MR) is 84.2 cm³/mol. The molecule has 0 spiro atoms. The minimum Gasteiger partial charge on any atom is -0.398 e. The van der Waals surface area contributed by atoms with Gasteiger partial charge in [0.2, 0.25) is 5.91 Å². The zero-order valence-electron chi connectivity index (χ0n) is 11.8. The van der Waals surface area contributed by atoms with Gasteiger partial charge in [-0.1, -0.05) is 17.9 Å². The molecule has 2 aromatic rings. The fourth-order valence-electron chi connectivity index (χ4n) is 1.79. The first kappa shape index (κ1) is 15.1. The molecular formula is C16H13N3O3. The molecule has 6 heteroatoms. The maximum Gasteiger partial charge on any atom is 0.271 e. The molecule has 0 aliphatic rings. The minimum absolute atomic E-state index is 0.0734. The van der Waals surface area contributed by atoms with Crippen LogP contribution in [0.4, 0.5) is 17.1 Å². The van der Waals surface area contributed by atoms with E-state index in [-0.39, 0.29) is 17.3 Å². The molecule has 1 amide bonds. The Hall–Kier alpha value is -3.33. The second kappa shape index (κ2) is 6.41. The average molecular weight is 295 g/mol.